The van der Waals surface area contributed by atoms with E-state index in [0.717, 1.165) is 11.1 Å². The van der Waals surface area contributed by atoms with E-state index in [9.17, 15) is 19.2 Å². The molecule has 2 aromatic rings. The third-order valence-corrected chi connectivity index (χ3v) is 6.81. The molecule has 2 aliphatic rings. The van der Waals surface area contributed by atoms with Crippen LogP contribution in [0, 0.1) is 5.92 Å². The number of thiocarbonyl (C=S) groups is 2. The maximum Gasteiger partial charge on any atom is 0.338 e. The van der Waals surface area contributed by atoms with Crippen LogP contribution < -0.4 is 31.0 Å². The SMILES string of the molecule is CCOC(=O)C1=C(C)NC(=S)N[C@@H]1c1ccccc1OCC(=O)NN=C[C@H]1C(=O)NC(=S)N(c2ccc(Cl)cc2)C1=O. The Hall–Kier alpha value is -4.40. The average Bonchev–Trinajstić information content (AvgIpc) is 2.94. The van der Waals surface area contributed by atoms with Crippen molar-refractivity contribution in [3.05, 3.63) is 70.4 Å². The van der Waals surface area contributed by atoms with Gasteiger partial charge in [0, 0.05) is 22.5 Å². The van der Waals surface area contributed by atoms with Gasteiger partial charge in [0.25, 0.3) is 11.8 Å². The Morgan fingerprint density at radius 1 is 1.12 bits per heavy atom. The van der Waals surface area contributed by atoms with Crippen molar-refractivity contribution in [3.63, 3.8) is 0 Å². The summed E-state index contributed by atoms with van der Waals surface area (Å²) in [5, 5.41) is 12.9. The van der Waals surface area contributed by atoms with Gasteiger partial charge in [-0.2, -0.15) is 5.10 Å². The Kier molecular flexibility index (Phi) is 9.83. The highest BCUT2D eigenvalue weighted by atomic mass is 35.5. The first kappa shape index (κ1) is 30.6. The van der Waals surface area contributed by atoms with Crippen LogP contribution in [0.1, 0.15) is 25.5 Å². The number of halogens is 1. The summed E-state index contributed by atoms with van der Waals surface area (Å²) in [5.41, 5.74) is 4.04. The van der Waals surface area contributed by atoms with E-state index in [0.29, 0.717) is 38.4 Å². The number of hydrogen-bond donors (Lipinski definition) is 4. The number of benzene rings is 2. The van der Waals surface area contributed by atoms with Crippen LogP contribution >= 0.6 is 36.0 Å². The first-order chi connectivity index (χ1) is 20.1. The molecule has 2 atom stereocenters. The van der Waals surface area contributed by atoms with Crippen molar-refractivity contribution in [1.29, 1.82) is 0 Å². The van der Waals surface area contributed by atoms with Gasteiger partial charge >= 0.3 is 5.97 Å². The van der Waals surface area contributed by atoms with Gasteiger partial charge in [0.1, 0.15) is 5.75 Å². The Balaban J connectivity index is 1.42. The number of para-hydroxylation sites is 1. The van der Waals surface area contributed by atoms with Crippen LogP contribution in [0.15, 0.2) is 64.9 Å². The van der Waals surface area contributed by atoms with E-state index in [4.69, 9.17) is 45.5 Å². The van der Waals surface area contributed by atoms with Crippen LogP contribution in [0.5, 0.6) is 5.75 Å². The molecule has 42 heavy (non-hydrogen) atoms. The molecule has 2 aromatic carbocycles. The van der Waals surface area contributed by atoms with Gasteiger partial charge in [-0.3, -0.25) is 19.3 Å². The summed E-state index contributed by atoms with van der Waals surface area (Å²) in [6, 6.07) is 12.4. The third kappa shape index (κ3) is 6.90. The smallest absolute Gasteiger partial charge is 0.338 e. The monoisotopic (exact) mass is 628 g/mol. The molecule has 0 spiro atoms. The molecule has 4 N–H and O–H groups in total. The number of esters is 1. The molecular formula is C27H25ClN6O6S2. The third-order valence-electron chi connectivity index (χ3n) is 6.05. The molecule has 12 nitrogen and oxygen atoms in total. The predicted molar refractivity (Wildman–Crippen MR) is 163 cm³/mol. The fraction of sp³-hybridized carbons (Fsp3) is 0.222. The Morgan fingerprint density at radius 3 is 2.55 bits per heavy atom. The highest BCUT2D eigenvalue weighted by Crippen LogP contribution is 2.33. The van der Waals surface area contributed by atoms with Gasteiger partial charge < -0.3 is 25.4 Å². The molecule has 0 radical (unpaired) electrons. The van der Waals surface area contributed by atoms with Crippen molar-refractivity contribution < 1.29 is 28.7 Å². The van der Waals surface area contributed by atoms with Gasteiger partial charge in [0.2, 0.25) is 5.91 Å². The molecule has 3 amide bonds. The zero-order valence-electron chi connectivity index (χ0n) is 22.3. The first-order valence-electron chi connectivity index (χ1n) is 12.5. The largest absolute Gasteiger partial charge is 0.483 e. The maximum atomic E-state index is 13.0. The van der Waals surface area contributed by atoms with Crippen LogP contribution in [0.2, 0.25) is 5.02 Å². The summed E-state index contributed by atoms with van der Waals surface area (Å²) in [4.78, 5) is 51.8. The molecule has 1 saturated heterocycles. The fourth-order valence-corrected chi connectivity index (χ4v) is 4.87. The summed E-state index contributed by atoms with van der Waals surface area (Å²) in [7, 11) is 0. The van der Waals surface area contributed by atoms with Crippen LogP contribution in [0.3, 0.4) is 0 Å². The van der Waals surface area contributed by atoms with Crippen molar-refractivity contribution in [2.45, 2.75) is 19.9 Å². The normalized spacial score (nSPS) is 18.8. The molecule has 4 rings (SSSR count). The molecule has 0 aliphatic carbocycles. The second kappa shape index (κ2) is 13.5. The molecule has 0 bridgehead atoms. The van der Waals surface area contributed by atoms with Gasteiger partial charge in [-0.15, -0.1) is 0 Å². The zero-order valence-corrected chi connectivity index (χ0v) is 24.7. The lowest BCUT2D eigenvalue weighted by atomic mass is 9.95. The van der Waals surface area contributed by atoms with Crippen LogP contribution in [-0.2, 0) is 23.9 Å². The minimum atomic E-state index is -1.35. The molecule has 218 valence electrons. The zero-order chi connectivity index (χ0) is 30.4. The lowest BCUT2D eigenvalue weighted by Crippen LogP contribution is -2.58. The predicted octanol–water partition coefficient (Wildman–Crippen LogP) is 2.24. The summed E-state index contributed by atoms with van der Waals surface area (Å²) in [5.74, 6) is -3.57. The quantitative estimate of drug-likeness (QED) is 0.107. The second-order valence-corrected chi connectivity index (χ2v) is 10.1. The van der Waals surface area contributed by atoms with Gasteiger partial charge in [0.05, 0.1) is 23.9 Å². The van der Waals surface area contributed by atoms with Gasteiger partial charge in [-0.05, 0) is 68.6 Å². The van der Waals surface area contributed by atoms with Gasteiger partial charge in [-0.25, -0.2) is 10.2 Å². The minimum Gasteiger partial charge on any atom is -0.483 e. The van der Waals surface area contributed by atoms with E-state index in [1.54, 1.807) is 62.4 Å². The van der Waals surface area contributed by atoms with Crippen LogP contribution in [0.25, 0.3) is 0 Å². The van der Waals surface area contributed by atoms with Crippen molar-refractivity contribution >= 4 is 81.9 Å². The van der Waals surface area contributed by atoms with Crippen molar-refractivity contribution in [3.8, 4) is 5.75 Å². The maximum absolute atomic E-state index is 13.0. The van der Waals surface area contributed by atoms with Crippen molar-refractivity contribution in [2.75, 3.05) is 18.1 Å². The number of anilines is 1. The number of amides is 3. The van der Waals surface area contributed by atoms with E-state index >= 15 is 0 Å². The number of hydrogen-bond acceptors (Lipinski definition) is 9. The number of nitrogens with zero attached hydrogens (tertiary/aromatic N) is 2. The highest BCUT2D eigenvalue weighted by Gasteiger charge is 2.38. The van der Waals surface area contributed by atoms with E-state index in [1.165, 1.54) is 0 Å². The van der Waals surface area contributed by atoms with Crippen LogP contribution in [-0.4, -0.2) is 53.3 Å². The van der Waals surface area contributed by atoms with E-state index in [2.05, 4.69) is 26.5 Å². The Bertz CT molecular complexity index is 1510. The topological polar surface area (TPSA) is 150 Å². The number of rotatable bonds is 9. The number of carbonyl (C=O) groups excluding carboxylic acids is 4. The molecule has 2 heterocycles. The Morgan fingerprint density at radius 2 is 1.83 bits per heavy atom. The van der Waals surface area contributed by atoms with Gasteiger partial charge in [0.15, 0.2) is 22.7 Å². The number of carbonyl (C=O) groups is 4. The highest BCUT2D eigenvalue weighted by molar-refractivity contribution is 7.80. The van der Waals surface area contributed by atoms with Crippen molar-refractivity contribution in [2.24, 2.45) is 11.0 Å². The summed E-state index contributed by atoms with van der Waals surface area (Å²) in [6.45, 7) is 3.13. The number of allylic oxidation sites excluding steroid dienone is 1. The number of nitrogens with one attached hydrogen (secondary N) is 4. The molecule has 0 unspecified atom stereocenters. The Labute approximate surface area is 256 Å². The van der Waals surface area contributed by atoms with Gasteiger partial charge in [-0.1, -0.05) is 29.8 Å². The standard InChI is InChI=1S/C27H25ClN6O6S2/c1-3-39-25(38)21-14(2)30-26(41)31-22(21)17-6-4-5-7-19(17)40-13-20(35)33-29-12-18-23(36)32-27(42)34(24(18)37)16-10-8-15(28)9-11-16/h4-12,18,22H,3,13H2,1-2H3,(H,33,35)(H2,30,31,41)(H,32,36,42)/t18-,22+/m0/s1. The molecule has 1 fully saturated rings. The summed E-state index contributed by atoms with van der Waals surface area (Å²) >= 11 is 16.4. The number of hydrazone groups is 1. The number of ether oxygens (including phenoxy) is 2. The molecule has 2 aliphatic heterocycles. The lowest BCUT2D eigenvalue weighted by Gasteiger charge is -2.30. The fourth-order valence-electron chi connectivity index (χ4n) is 4.17. The molecular weight excluding hydrogens is 604 g/mol. The lowest BCUT2D eigenvalue weighted by molar-refractivity contribution is -0.139. The minimum absolute atomic E-state index is 0.0896. The molecule has 0 saturated carbocycles. The summed E-state index contributed by atoms with van der Waals surface area (Å²) in [6.07, 6.45) is 1.01. The van der Waals surface area contributed by atoms with E-state index in [-0.39, 0.29) is 11.7 Å². The van der Waals surface area contributed by atoms with Crippen LogP contribution in [0.4, 0.5) is 5.69 Å². The average molecular weight is 629 g/mol. The van der Waals surface area contributed by atoms with E-state index in [1.807, 2.05) is 0 Å². The van der Waals surface area contributed by atoms with Crippen molar-refractivity contribution in [1.82, 2.24) is 21.4 Å². The second-order valence-electron chi connectivity index (χ2n) is 8.85. The first-order valence-corrected chi connectivity index (χ1v) is 13.7. The summed E-state index contributed by atoms with van der Waals surface area (Å²) < 4.78 is 11.0. The molecule has 0 aromatic heterocycles. The molecule has 15 heteroatoms. The van der Waals surface area contributed by atoms with E-state index < -0.39 is 42.3 Å².